The van der Waals surface area contributed by atoms with Crippen molar-refractivity contribution in [2.24, 2.45) is 0 Å². The monoisotopic (exact) mass is 352 g/mol. The van der Waals surface area contributed by atoms with E-state index in [0.29, 0.717) is 6.04 Å². The Morgan fingerprint density at radius 2 is 1.63 bits per heavy atom. The number of benzene rings is 3. The molecule has 0 aliphatic heterocycles. The van der Waals surface area contributed by atoms with Gasteiger partial charge in [0.05, 0.1) is 0 Å². The molecule has 3 aromatic carbocycles. The molecule has 1 atom stereocenters. The normalized spacial score (nSPS) is 16.4. The molecule has 5 rings (SSSR count). The van der Waals surface area contributed by atoms with Crippen LogP contribution in [0.4, 0.5) is 0 Å². The molecule has 2 heteroatoms. The minimum absolute atomic E-state index is 0.404. The molecule has 134 valence electrons. The number of hydrogen-bond acceptors (Lipinski definition) is 1. The lowest BCUT2D eigenvalue weighted by atomic mass is 9.91. The molecular weight excluding hydrogens is 328 g/mol. The predicted octanol–water partition coefficient (Wildman–Crippen LogP) is 6.00. The number of hydrogen-bond donors (Lipinski definition) is 2. The van der Waals surface area contributed by atoms with E-state index in [1.54, 1.807) is 0 Å². The number of aryl methyl sites for hydroxylation is 1. The molecule has 1 heterocycles. The maximum absolute atomic E-state index is 3.77. The van der Waals surface area contributed by atoms with Crippen LogP contribution in [-0.4, -0.2) is 4.98 Å². The summed E-state index contributed by atoms with van der Waals surface area (Å²) in [5.41, 5.74) is 8.06. The molecule has 27 heavy (non-hydrogen) atoms. The average molecular weight is 352 g/mol. The second kappa shape index (κ2) is 7.05. The van der Waals surface area contributed by atoms with Gasteiger partial charge in [0.2, 0.25) is 0 Å². The summed E-state index contributed by atoms with van der Waals surface area (Å²) in [6.45, 7) is 0.912. The van der Waals surface area contributed by atoms with Gasteiger partial charge in [-0.3, -0.25) is 0 Å². The standard InChI is InChI=1S/C25H24N2/c1-3-8-18(9-4-1)17-26-24-13-7-12-21-22-16-20(19-10-5-2-6-11-19)14-15-23(22)27-25(21)24/h1-6,8-11,14-16,24,26-27H,7,12-13,17H2/t24-/m1/s1. The summed E-state index contributed by atoms with van der Waals surface area (Å²) >= 11 is 0. The van der Waals surface area contributed by atoms with E-state index in [-0.39, 0.29) is 0 Å². The Morgan fingerprint density at radius 3 is 2.44 bits per heavy atom. The van der Waals surface area contributed by atoms with E-state index in [1.807, 2.05) is 0 Å². The van der Waals surface area contributed by atoms with Crippen molar-refractivity contribution >= 4 is 10.9 Å². The summed E-state index contributed by atoms with van der Waals surface area (Å²) in [6.07, 6.45) is 3.59. The van der Waals surface area contributed by atoms with Gasteiger partial charge in [-0.1, -0.05) is 66.7 Å². The first-order valence-electron chi connectivity index (χ1n) is 9.86. The Kier molecular flexibility index (Phi) is 4.27. The molecule has 0 amide bonds. The third-order valence-electron chi connectivity index (χ3n) is 5.71. The molecule has 2 N–H and O–H groups in total. The lowest BCUT2D eigenvalue weighted by molar-refractivity contribution is 0.452. The molecule has 2 nitrogen and oxygen atoms in total. The van der Waals surface area contributed by atoms with Gasteiger partial charge in [-0.2, -0.15) is 0 Å². The highest BCUT2D eigenvalue weighted by Crippen LogP contribution is 2.36. The summed E-state index contributed by atoms with van der Waals surface area (Å²) in [5, 5.41) is 5.16. The molecule has 0 spiro atoms. The van der Waals surface area contributed by atoms with E-state index in [2.05, 4.69) is 89.2 Å². The van der Waals surface area contributed by atoms with Gasteiger partial charge in [0.25, 0.3) is 0 Å². The van der Waals surface area contributed by atoms with Crippen molar-refractivity contribution in [2.45, 2.75) is 31.8 Å². The van der Waals surface area contributed by atoms with Crippen LogP contribution in [0.3, 0.4) is 0 Å². The lowest BCUT2D eigenvalue weighted by Crippen LogP contribution is -2.24. The van der Waals surface area contributed by atoms with Gasteiger partial charge in [-0.05, 0) is 53.6 Å². The summed E-state index contributed by atoms with van der Waals surface area (Å²) in [7, 11) is 0. The number of aromatic amines is 1. The highest BCUT2D eigenvalue weighted by atomic mass is 14.9. The van der Waals surface area contributed by atoms with Crippen LogP contribution in [0.1, 0.15) is 35.7 Å². The van der Waals surface area contributed by atoms with E-state index in [9.17, 15) is 0 Å². The fraction of sp³-hybridized carbons (Fsp3) is 0.200. The zero-order valence-corrected chi connectivity index (χ0v) is 15.4. The van der Waals surface area contributed by atoms with E-state index in [0.717, 1.165) is 13.0 Å². The van der Waals surface area contributed by atoms with Crippen LogP contribution >= 0.6 is 0 Å². The molecule has 1 aliphatic carbocycles. The number of fused-ring (bicyclic) bond motifs is 3. The van der Waals surface area contributed by atoms with Crippen LogP contribution in [0.15, 0.2) is 78.9 Å². The molecule has 0 radical (unpaired) electrons. The third-order valence-corrected chi connectivity index (χ3v) is 5.71. The first kappa shape index (κ1) is 16.3. The highest BCUT2D eigenvalue weighted by molar-refractivity contribution is 5.89. The first-order valence-corrected chi connectivity index (χ1v) is 9.86. The van der Waals surface area contributed by atoms with Crippen molar-refractivity contribution in [1.29, 1.82) is 0 Å². The zero-order chi connectivity index (χ0) is 18.1. The van der Waals surface area contributed by atoms with E-state index < -0.39 is 0 Å². The molecular formula is C25H24N2. The molecule has 1 aliphatic rings. The maximum Gasteiger partial charge on any atom is 0.0478 e. The van der Waals surface area contributed by atoms with Crippen LogP contribution < -0.4 is 5.32 Å². The second-order valence-corrected chi connectivity index (χ2v) is 7.45. The number of rotatable bonds is 4. The van der Waals surface area contributed by atoms with Crippen molar-refractivity contribution in [1.82, 2.24) is 10.3 Å². The molecule has 0 bridgehead atoms. The SMILES string of the molecule is c1ccc(CN[C@@H]2CCCc3c2[nH]c2ccc(-c4ccccc4)cc32)cc1. The molecule has 4 aromatic rings. The van der Waals surface area contributed by atoms with Crippen molar-refractivity contribution < 1.29 is 0 Å². The van der Waals surface area contributed by atoms with E-state index >= 15 is 0 Å². The Hall–Kier alpha value is -2.84. The maximum atomic E-state index is 3.77. The highest BCUT2D eigenvalue weighted by Gasteiger charge is 2.24. The Morgan fingerprint density at radius 1 is 0.852 bits per heavy atom. The van der Waals surface area contributed by atoms with Gasteiger partial charge in [0.1, 0.15) is 0 Å². The largest absolute Gasteiger partial charge is 0.357 e. The third kappa shape index (κ3) is 3.17. The summed E-state index contributed by atoms with van der Waals surface area (Å²) in [5.74, 6) is 0. The summed E-state index contributed by atoms with van der Waals surface area (Å²) in [6, 6.07) is 28.6. The predicted molar refractivity (Wildman–Crippen MR) is 113 cm³/mol. The van der Waals surface area contributed by atoms with Crippen LogP contribution in [0.5, 0.6) is 0 Å². The molecule has 0 saturated carbocycles. The van der Waals surface area contributed by atoms with Crippen molar-refractivity contribution in [3.8, 4) is 11.1 Å². The topological polar surface area (TPSA) is 27.8 Å². The van der Waals surface area contributed by atoms with Gasteiger partial charge >= 0.3 is 0 Å². The van der Waals surface area contributed by atoms with E-state index in [1.165, 1.54) is 51.7 Å². The van der Waals surface area contributed by atoms with Gasteiger partial charge in [0.15, 0.2) is 0 Å². The molecule has 0 fully saturated rings. The second-order valence-electron chi connectivity index (χ2n) is 7.45. The van der Waals surface area contributed by atoms with Crippen LogP contribution in [-0.2, 0) is 13.0 Å². The molecule has 1 aromatic heterocycles. The summed E-state index contributed by atoms with van der Waals surface area (Å²) in [4.78, 5) is 3.72. The number of nitrogens with one attached hydrogen (secondary N) is 2. The van der Waals surface area contributed by atoms with Crippen molar-refractivity contribution in [2.75, 3.05) is 0 Å². The number of H-pyrrole nitrogens is 1. The first-order chi connectivity index (χ1) is 13.4. The minimum atomic E-state index is 0.404. The fourth-order valence-electron chi connectivity index (χ4n) is 4.31. The Bertz CT molecular complexity index is 1050. The zero-order valence-electron chi connectivity index (χ0n) is 15.4. The molecule has 0 saturated heterocycles. The smallest absolute Gasteiger partial charge is 0.0478 e. The van der Waals surface area contributed by atoms with E-state index in [4.69, 9.17) is 0 Å². The molecule has 0 unspecified atom stereocenters. The fourth-order valence-corrected chi connectivity index (χ4v) is 4.31. The average Bonchev–Trinajstić information content (AvgIpc) is 3.12. The van der Waals surface area contributed by atoms with Crippen molar-refractivity contribution in [3.63, 3.8) is 0 Å². The van der Waals surface area contributed by atoms with Crippen molar-refractivity contribution in [3.05, 3.63) is 95.7 Å². The quantitative estimate of drug-likeness (QED) is 0.463. The Labute approximate surface area is 160 Å². The van der Waals surface area contributed by atoms with Crippen LogP contribution in [0, 0.1) is 0 Å². The van der Waals surface area contributed by atoms with Gasteiger partial charge in [0, 0.05) is 29.2 Å². The van der Waals surface area contributed by atoms with Crippen LogP contribution in [0.2, 0.25) is 0 Å². The van der Waals surface area contributed by atoms with Crippen LogP contribution in [0.25, 0.3) is 22.0 Å². The number of aromatic nitrogens is 1. The Balaban J connectivity index is 1.47. The van der Waals surface area contributed by atoms with Gasteiger partial charge in [-0.25, -0.2) is 0 Å². The summed E-state index contributed by atoms with van der Waals surface area (Å²) < 4.78 is 0. The van der Waals surface area contributed by atoms with Gasteiger partial charge < -0.3 is 10.3 Å². The van der Waals surface area contributed by atoms with Gasteiger partial charge in [-0.15, -0.1) is 0 Å². The minimum Gasteiger partial charge on any atom is -0.357 e. The lowest BCUT2D eigenvalue weighted by Gasteiger charge is -2.24.